The van der Waals surface area contributed by atoms with Crippen molar-refractivity contribution in [2.45, 2.75) is 63.8 Å². The predicted molar refractivity (Wildman–Crippen MR) is 129 cm³/mol. The highest BCUT2D eigenvalue weighted by Crippen LogP contribution is 2.19. The van der Waals surface area contributed by atoms with Crippen LogP contribution in [0.2, 0.25) is 0 Å². The van der Waals surface area contributed by atoms with Crippen molar-refractivity contribution in [2.75, 3.05) is 12.3 Å². The fraction of sp³-hybridized carbons (Fsp3) is 0.462. The Hall–Kier alpha value is -2.27. The van der Waals surface area contributed by atoms with E-state index in [-0.39, 0.29) is 17.9 Å². The third kappa shape index (κ3) is 7.13. The second-order valence-electron chi connectivity index (χ2n) is 8.41. The van der Waals surface area contributed by atoms with Crippen LogP contribution in [-0.2, 0) is 21.8 Å². The lowest BCUT2D eigenvalue weighted by molar-refractivity contribution is -0.138. The Morgan fingerprint density at radius 3 is 2.45 bits per heavy atom. The second kappa shape index (κ2) is 11.9. The van der Waals surface area contributed by atoms with Gasteiger partial charge in [0.2, 0.25) is 11.8 Å². The Bertz CT molecular complexity index is 849. The lowest BCUT2D eigenvalue weighted by atomic mass is 10.1. The van der Waals surface area contributed by atoms with Gasteiger partial charge >= 0.3 is 0 Å². The molecule has 3 rings (SSSR count). The number of carbonyl (C=O) groups excluding carboxylic acids is 2. The van der Waals surface area contributed by atoms with E-state index in [0.717, 1.165) is 25.0 Å². The number of thioether (sulfide) groups is 1. The zero-order chi connectivity index (χ0) is 22.1. The first-order valence-electron chi connectivity index (χ1n) is 11.3. The molecule has 1 fully saturated rings. The minimum absolute atomic E-state index is 0.0304. The van der Waals surface area contributed by atoms with Crippen LogP contribution in [0, 0.1) is 6.92 Å². The number of rotatable bonds is 10. The topological polar surface area (TPSA) is 49.4 Å². The molecule has 0 saturated heterocycles. The summed E-state index contributed by atoms with van der Waals surface area (Å²) in [5.74, 6) is 1.18. The average Bonchev–Trinajstić information content (AvgIpc) is 3.29. The van der Waals surface area contributed by atoms with Crippen molar-refractivity contribution in [3.63, 3.8) is 0 Å². The van der Waals surface area contributed by atoms with E-state index >= 15 is 0 Å². The number of benzene rings is 2. The van der Waals surface area contributed by atoms with Gasteiger partial charge in [0.25, 0.3) is 0 Å². The molecule has 166 valence electrons. The van der Waals surface area contributed by atoms with Crippen LogP contribution in [0.5, 0.6) is 0 Å². The second-order valence-corrected chi connectivity index (χ2v) is 9.39. The maximum absolute atomic E-state index is 13.1. The molecule has 0 spiro atoms. The molecular weight excluding hydrogens is 404 g/mol. The van der Waals surface area contributed by atoms with E-state index in [1.165, 1.54) is 29.5 Å². The largest absolute Gasteiger partial charge is 0.352 e. The first-order chi connectivity index (χ1) is 15.0. The summed E-state index contributed by atoms with van der Waals surface area (Å²) in [6, 6.07) is 18.2. The van der Waals surface area contributed by atoms with Crippen molar-refractivity contribution in [3.8, 4) is 0 Å². The SMILES string of the molecule is Cc1ccccc1CSCC(=O)N(CCc1ccccc1)[C@@H](C)C(=O)NC1CCCC1. The minimum atomic E-state index is -0.462. The Kier molecular flexibility index (Phi) is 9.01. The van der Waals surface area contributed by atoms with E-state index in [9.17, 15) is 9.59 Å². The molecule has 0 aromatic heterocycles. The molecule has 5 heteroatoms. The maximum Gasteiger partial charge on any atom is 0.242 e. The maximum atomic E-state index is 13.1. The van der Waals surface area contributed by atoms with Gasteiger partial charge in [0.05, 0.1) is 5.75 Å². The highest BCUT2D eigenvalue weighted by atomic mass is 32.2. The van der Waals surface area contributed by atoms with Gasteiger partial charge in [0.15, 0.2) is 0 Å². The summed E-state index contributed by atoms with van der Waals surface area (Å²) in [7, 11) is 0. The van der Waals surface area contributed by atoms with Crippen molar-refractivity contribution < 1.29 is 9.59 Å². The molecule has 2 aromatic rings. The Morgan fingerprint density at radius 2 is 1.74 bits per heavy atom. The molecule has 2 amide bonds. The van der Waals surface area contributed by atoms with Gasteiger partial charge in [-0.2, -0.15) is 0 Å². The van der Waals surface area contributed by atoms with Crippen LogP contribution in [0.25, 0.3) is 0 Å². The molecule has 0 bridgehead atoms. The van der Waals surface area contributed by atoms with Gasteiger partial charge < -0.3 is 10.2 Å². The number of carbonyl (C=O) groups is 2. The Morgan fingerprint density at radius 1 is 1.06 bits per heavy atom. The summed E-state index contributed by atoms with van der Waals surface area (Å²) in [5.41, 5.74) is 3.67. The molecular formula is C26H34N2O2S. The molecule has 1 saturated carbocycles. The predicted octanol–water partition coefficient (Wildman–Crippen LogP) is 4.75. The van der Waals surface area contributed by atoms with Crippen LogP contribution >= 0.6 is 11.8 Å². The average molecular weight is 439 g/mol. The molecule has 0 unspecified atom stereocenters. The number of hydrogen-bond acceptors (Lipinski definition) is 3. The van der Waals surface area contributed by atoms with Gasteiger partial charge in [-0.1, -0.05) is 67.4 Å². The van der Waals surface area contributed by atoms with Crippen LogP contribution in [0.1, 0.15) is 49.3 Å². The van der Waals surface area contributed by atoms with Crippen molar-refractivity contribution in [2.24, 2.45) is 0 Å². The molecule has 1 aliphatic carbocycles. The van der Waals surface area contributed by atoms with Crippen molar-refractivity contribution in [3.05, 3.63) is 71.3 Å². The number of aryl methyl sites for hydroxylation is 1. The third-order valence-corrected chi connectivity index (χ3v) is 7.06. The number of nitrogens with one attached hydrogen (secondary N) is 1. The number of amides is 2. The summed E-state index contributed by atoms with van der Waals surface area (Å²) < 4.78 is 0. The molecule has 1 aliphatic rings. The van der Waals surface area contributed by atoms with Crippen LogP contribution in [0.15, 0.2) is 54.6 Å². The van der Waals surface area contributed by atoms with Crippen molar-refractivity contribution >= 4 is 23.6 Å². The lowest BCUT2D eigenvalue weighted by Gasteiger charge is -2.29. The van der Waals surface area contributed by atoms with Crippen LogP contribution in [-0.4, -0.2) is 41.1 Å². The van der Waals surface area contributed by atoms with Gasteiger partial charge in [0, 0.05) is 18.3 Å². The zero-order valence-corrected chi connectivity index (χ0v) is 19.5. The molecule has 4 nitrogen and oxygen atoms in total. The fourth-order valence-corrected chi connectivity index (χ4v) is 5.05. The van der Waals surface area contributed by atoms with Crippen LogP contribution < -0.4 is 5.32 Å². The zero-order valence-electron chi connectivity index (χ0n) is 18.7. The molecule has 1 atom stereocenters. The van der Waals surface area contributed by atoms with E-state index in [1.54, 1.807) is 16.7 Å². The van der Waals surface area contributed by atoms with Gasteiger partial charge in [0.1, 0.15) is 6.04 Å². The third-order valence-electron chi connectivity index (χ3n) is 6.10. The Balaban J connectivity index is 1.60. The first kappa shape index (κ1) is 23.4. The van der Waals surface area contributed by atoms with E-state index in [1.807, 2.05) is 37.3 Å². The standard InChI is InChI=1S/C26H34N2O2S/c1-20-10-6-7-13-23(20)18-31-19-25(29)28(17-16-22-11-4-3-5-12-22)21(2)26(30)27-24-14-8-9-15-24/h3-7,10-13,21,24H,8-9,14-19H2,1-2H3,(H,27,30)/t21-/m0/s1. The van der Waals surface area contributed by atoms with Gasteiger partial charge in [-0.15, -0.1) is 11.8 Å². The van der Waals surface area contributed by atoms with E-state index in [4.69, 9.17) is 0 Å². The number of nitrogens with zero attached hydrogens (tertiary/aromatic N) is 1. The van der Waals surface area contributed by atoms with E-state index in [2.05, 4.69) is 36.5 Å². The molecule has 0 radical (unpaired) electrons. The van der Waals surface area contributed by atoms with E-state index < -0.39 is 6.04 Å². The van der Waals surface area contributed by atoms with Crippen LogP contribution in [0.3, 0.4) is 0 Å². The molecule has 0 aliphatic heterocycles. The summed E-state index contributed by atoms with van der Waals surface area (Å²) in [6.07, 6.45) is 5.18. The summed E-state index contributed by atoms with van der Waals surface area (Å²) >= 11 is 1.62. The summed E-state index contributed by atoms with van der Waals surface area (Å²) in [5, 5.41) is 3.16. The van der Waals surface area contributed by atoms with Gasteiger partial charge in [-0.25, -0.2) is 0 Å². The van der Waals surface area contributed by atoms with Crippen molar-refractivity contribution in [1.29, 1.82) is 0 Å². The Labute approximate surface area is 190 Å². The normalized spacial score (nSPS) is 14.9. The van der Waals surface area contributed by atoms with Gasteiger partial charge in [-0.05, 0) is 49.8 Å². The van der Waals surface area contributed by atoms with Crippen LogP contribution in [0.4, 0.5) is 0 Å². The molecule has 2 aromatic carbocycles. The highest BCUT2D eigenvalue weighted by Gasteiger charge is 2.28. The van der Waals surface area contributed by atoms with E-state index in [0.29, 0.717) is 12.3 Å². The first-order valence-corrected chi connectivity index (χ1v) is 12.5. The lowest BCUT2D eigenvalue weighted by Crippen LogP contribution is -2.51. The molecule has 31 heavy (non-hydrogen) atoms. The molecule has 1 N–H and O–H groups in total. The fourth-order valence-electron chi connectivity index (χ4n) is 4.07. The monoisotopic (exact) mass is 438 g/mol. The quantitative estimate of drug-likeness (QED) is 0.583. The van der Waals surface area contributed by atoms with Gasteiger partial charge in [-0.3, -0.25) is 9.59 Å². The number of hydrogen-bond donors (Lipinski definition) is 1. The highest BCUT2D eigenvalue weighted by molar-refractivity contribution is 7.99. The summed E-state index contributed by atoms with van der Waals surface area (Å²) in [4.78, 5) is 27.8. The molecule has 0 heterocycles. The minimum Gasteiger partial charge on any atom is -0.352 e. The van der Waals surface area contributed by atoms with Crippen molar-refractivity contribution in [1.82, 2.24) is 10.2 Å². The smallest absolute Gasteiger partial charge is 0.242 e. The summed E-state index contributed by atoms with van der Waals surface area (Å²) in [6.45, 7) is 4.51.